The van der Waals surface area contributed by atoms with Crippen molar-refractivity contribution in [2.45, 2.75) is 38.7 Å². The summed E-state index contributed by atoms with van der Waals surface area (Å²) < 4.78 is 31.7. The lowest BCUT2D eigenvalue weighted by atomic mass is 9.91. The standard InChI is InChI=1S/C11H17F2NO4/c1-10(2,3)18-9(17)14-5-7(6-14)11(12,13)4-8(15)16/h7H,4-6H2,1-3H3,(H,15,16). The lowest BCUT2D eigenvalue weighted by Gasteiger charge is -2.42. The quantitative estimate of drug-likeness (QED) is 0.847. The smallest absolute Gasteiger partial charge is 0.410 e. The van der Waals surface area contributed by atoms with E-state index in [4.69, 9.17) is 9.84 Å². The number of rotatable bonds is 3. The molecule has 1 saturated heterocycles. The van der Waals surface area contributed by atoms with Crippen LogP contribution in [0.4, 0.5) is 13.6 Å². The number of hydrogen-bond donors (Lipinski definition) is 1. The van der Waals surface area contributed by atoms with Crippen LogP contribution in [0.25, 0.3) is 0 Å². The second kappa shape index (κ2) is 4.70. The number of carboxylic acid groups (broad SMARTS) is 1. The molecule has 1 fully saturated rings. The largest absolute Gasteiger partial charge is 0.481 e. The third-order valence-corrected chi connectivity index (χ3v) is 2.52. The Kier molecular flexibility index (Phi) is 3.83. The van der Waals surface area contributed by atoms with E-state index in [-0.39, 0.29) is 13.1 Å². The Morgan fingerprint density at radius 2 is 1.83 bits per heavy atom. The lowest BCUT2D eigenvalue weighted by Crippen LogP contribution is -2.57. The van der Waals surface area contributed by atoms with Gasteiger partial charge in [-0.25, -0.2) is 13.6 Å². The lowest BCUT2D eigenvalue weighted by molar-refractivity contribution is -0.157. The number of aliphatic carboxylic acids is 1. The molecule has 1 aliphatic heterocycles. The average molecular weight is 265 g/mol. The molecule has 0 aromatic rings. The SMILES string of the molecule is CC(C)(C)OC(=O)N1CC(C(F)(F)CC(=O)O)C1. The summed E-state index contributed by atoms with van der Waals surface area (Å²) in [6, 6.07) is 0. The molecule has 0 bridgehead atoms. The van der Waals surface area contributed by atoms with E-state index in [1.54, 1.807) is 20.8 Å². The first-order valence-electron chi connectivity index (χ1n) is 5.59. The van der Waals surface area contributed by atoms with Crippen LogP contribution in [0.2, 0.25) is 0 Å². The van der Waals surface area contributed by atoms with Crippen LogP contribution in [0.15, 0.2) is 0 Å². The Balaban J connectivity index is 2.44. The van der Waals surface area contributed by atoms with Crippen molar-refractivity contribution in [3.8, 4) is 0 Å². The molecule has 0 unspecified atom stereocenters. The fourth-order valence-corrected chi connectivity index (χ4v) is 1.57. The molecule has 0 aromatic carbocycles. The summed E-state index contributed by atoms with van der Waals surface area (Å²) in [6.45, 7) is 4.70. The fraction of sp³-hybridized carbons (Fsp3) is 0.818. The zero-order valence-corrected chi connectivity index (χ0v) is 10.6. The predicted molar refractivity (Wildman–Crippen MR) is 58.5 cm³/mol. The molecule has 1 amide bonds. The Hall–Kier alpha value is -1.40. The highest BCUT2D eigenvalue weighted by atomic mass is 19.3. The van der Waals surface area contributed by atoms with Gasteiger partial charge in [-0.05, 0) is 20.8 Å². The highest BCUT2D eigenvalue weighted by Gasteiger charge is 2.50. The van der Waals surface area contributed by atoms with E-state index in [2.05, 4.69) is 0 Å². The van der Waals surface area contributed by atoms with Crippen molar-refractivity contribution in [1.82, 2.24) is 4.90 Å². The number of carbonyl (C=O) groups excluding carboxylic acids is 1. The minimum atomic E-state index is -3.29. The number of hydrogen-bond acceptors (Lipinski definition) is 3. The molecule has 0 aliphatic carbocycles. The third-order valence-electron chi connectivity index (χ3n) is 2.52. The van der Waals surface area contributed by atoms with Crippen molar-refractivity contribution in [2.75, 3.05) is 13.1 Å². The molecule has 7 heteroatoms. The van der Waals surface area contributed by atoms with Gasteiger partial charge in [0.15, 0.2) is 0 Å². The first kappa shape index (κ1) is 14.7. The molecule has 1 heterocycles. The fourth-order valence-electron chi connectivity index (χ4n) is 1.57. The van der Waals surface area contributed by atoms with E-state index in [9.17, 15) is 18.4 Å². The van der Waals surface area contributed by atoms with Crippen LogP contribution >= 0.6 is 0 Å². The molecule has 5 nitrogen and oxygen atoms in total. The van der Waals surface area contributed by atoms with Crippen molar-refractivity contribution >= 4 is 12.1 Å². The van der Waals surface area contributed by atoms with E-state index in [0.29, 0.717) is 0 Å². The molecule has 1 rings (SSSR count). The average Bonchev–Trinajstić information content (AvgIpc) is 1.91. The van der Waals surface area contributed by atoms with Crippen LogP contribution < -0.4 is 0 Å². The first-order valence-corrected chi connectivity index (χ1v) is 5.59. The number of amides is 1. The highest BCUT2D eigenvalue weighted by Crippen LogP contribution is 2.35. The normalized spacial score (nSPS) is 17.3. The molecule has 0 saturated carbocycles. The second-order valence-electron chi connectivity index (χ2n) is 5.41. The van der Waals surface area contributed by atoms with Crippen LogP contribution in [0.5, 0.6) is 0 Å². The highest BCUT2D eigenvalue weighted by molar-refractivity contribution is 5.70. The van der Waals surface area contributed by atoms with Gasteiger partial charge in [0.05, 0.1) is 5.92 Å². The molecule has 1 N–H and O–H groups in total. The summed E-state index contributed by atoms with van der Waals surface area (Å²) in [6.07, 6.45) is -1.86. The summed E-state index contributed by atoms with van der Waals surface area (Å²) in [5.74, 6) is -5.94. The maximum absolute atomic E-state index is 13.3. The van der Waals surface area contributed by atoms with E-state index >= 15 is 0 Å². The number of halogens is 2. The zero-order valence-electron chi connectivity index (χ0n) is 10.6. The zero-order chi connectivity index (χ0) is 14.1. The molecular formula is C11H17F2NO4. The van der Waals surface area contributed by atoms with Crippen LogP contribution in [0, 0.1) is 5.92 Å². The van der Waals surface area contributed by atoms with Gasteiger partial charge < -0.3 is 14.7 Å². The van der Waals surface area contributed by atoms with Gasteiger partial charge in [-0.2, -0.15) is 0 Å². The molecule has 1 aliphatic rings. The Labute approximate surface area is 104 Å². The van der Waals surface area contributed by atoms with Crippen molar-refractivity contribution < 1.29 is 28.2 Å². The molecule has 0 aromatic heterocycles. The first-order chi connectivity index (χ1) is 8.01. The van der Waals surface area contributed by atoms with Gasteiger partial charge in [-0.1, -0.05) is 0 Å². The van der Waals surface area contributed by atoms with Gasteiger partial charge in [0.1, 0.15) is 12.0 Å². The van der Waals surface area contributed by atoms with Gasteiger partial charge in [0.25, 0.3) is 5.92 Å². The van der Waals surface area contributed by atoms with E-state index in [0.717, 1.165) is 4.90 Å². The van der Waals surface area contributed by atoms with Crippen LogP contribution in [0.1, 0.15) is 27.2 Å². The number of carboxylic acids is 1. The minimum absolute atomic E-state index is 0.171. The molecule has 104 valence electrons. The van der Waals surface area contributed by atoms with Crippen LogP contribution in [-0.4, -0.2) is 46.7 Å². The Morgan fingerprint density at radius 1 is 1.33 bits per heavy atom. The van der Waals surface area contributed by atoms with Crippen LogP contribution in [0.3, 0.4) is 0 Å². The Morgan fingerprint density at radius 3 is 2.22 bits per heavy atom. The Bertz CT molecular complexity index is 345. The van der Waals surface area contributed by atoms with Crippen molar-refractivity contribution in [2.24, 2.45) is 5.92 Å². The summed E-state index contributed by atoms with van der Waals surface area (Å²) >= 11 is 0. The topological polar surface area (TPSA) is 66.8 Å². The second-order valence-corrected chi connectivity index (χ2v) is 5.41. The molecule has 0 atom stereocenters. The third kappa shape index (κ3) is 3.82. The van der Waals surface area contributed by atoms with Crippen molar-refractivity contribution in [1.29, 1.82) is 0 Å². The van der Waals surface area contributed by atoms with Crippen LogP contribution in [-0.2, 0) is 9.53 Å². The number of likely N-dealkylation sites (tertiary alicyclic amines) is 1. The summed E-state index contributed by atoms with van der Waals surface area (Å²) in [7, 11) is 0. The minimum Gasteiger partial charge on any atom is -0.481 e. The maximum atomic E-state index is 13.3. The number of ether oxygens (including phenoxy) is 1. The van der Waals surface area contributed by atoms with Crippen molar-refractivity contribution in [3.05, 3.63) is 0 Å². The summed E-state index contributed by atoms with van der Waals surface area (Å²) in [5.41, 5.74) is -0.675. The summed E-state index contributed by atoms with van der Waals surface area (Å²) in [4.78, 5) is 22.9. The molecule has 0 radical (unpaired) electrons. The van der Waals surface area contributed by atoms with E-state index in [1.165, 1.54) is 0 Å². The van der Waals surface area contributed by atoms with E-state index < -0.39 is 35.9 Å². The van der Waals surface area contributed by atoms with Gasteiger partial charge in [-0.3, -0.25) is 4.79 Å². The van der Waals surface area contributed by atoms with Gasteiger partial charge >= 0.3 is 12.1 Å². The summed E-state index contributed by atoms with van der Waals surface area (Å²) in [5, 5.41) is 8.36. The number of nitrogens with zero attached hydrogens (tertiary/aromatic N) is 1. The molecule has 18 heavy (non-hydrogen) atoms. The number of alkyl halides is 2. The van der Waals surface area contributed by atoms with Crippen molar-refractivity contribution in [3.63, 3.8) is 0 Å². The maximum Gasteiger partial charge on any atom is 0.410 e. The van der Waals surface area contributed by atoms with Gasteiger partial charge in [0, 0.05) is 13.1 Å². The monoisotopic (exact) mass is 265 g/mol. The predicted octanol–water partition coefficient (Wildman–Crippen LogP) is 1.96. The van der Waals surface area contributed by atoms with Gasteiger partial charge in [0.2, 0.25) is 0 Å². The van der Waals surface area contributed by atoms with E-state index in [1.807, 2.05) is 0 Å². The molecular weight excluding hydrogens is 248 g/mol. The number of carbonyl (C=O) groups is 2. The molecule has 0 spiro atoms. The van der Waals surface area contributed by atoms with Gasteiger partial charge in [-0.15, -0.1) is 0 Å².